The van der Waals surface area contributed by atoms with Gasteiger partial charge in [0.25, 0.3) is 5.91 Å². The van der Waals surface area contributed by atoms with Crippen LogP contribution in [0, 0.1) is 5.82 Å². The number of carbonyl (C=O) groups excluding carboxylic acids is 2. The summed E-state index contributed by atoms with van der Waals surface area (Å²) in [6.07, 6.45) is -0.521. The molecule has 0 aliphatic heterocycles. The van der Waals surface area contributed by atoms with Crippen molar-refractivity contribution in [1.82, 2.24) is 5.01 Å². The summed E-state index contributed by atoms with van der Waals surface area (Å²) in [5.41, 5.74) is 8.68. The van der Waals surface area contributed by atoms with Gasteiger partial charge in [-0.3, -0.25) is 4.79 Å². The van der Waals surface area contributed by atoms with E-state index in [1.807, 2.05) is 0 Å². The summed E-state index contributed by atoms with van der Waals surface area (Å²) in [7, 11) is 3.42. The van der Waals surface area contributed by atoms with Crippen LogP contribution in [-0.4, -0.2) is 37.7 Å². The molecule has 0 fully saturated rings. The molecule has 32 heavy (non-hydrogen) atoms. The third-order valence-electron chi connectivity index (χ3n) is 4.70. The van der Waals surface area contributed by atoms with Gasteiger partial charge in [-0.15, -0.1) is 0 Å². The number of nitrogens with one attached hydrogen (secondary N) is 1. The molecular weight excluding hydrogens is 411 g/mol. The first-order chi connectivity index (χ1) is 15.3. The number of nitrogen functional groups attached to an aromatic ring is 1. The number of nitrogens with two attached hydrogens (primary N) is 1. The van der Waals surface area contributed by atoms with E-state index >= 15 is 0 Å². The summed E-state index contributed by atoms with van der Waals surface area (Å²) in [6, 6.07) is 17.8. The first kappa shape index (κ1) is 22.8. The number of hydrazine groups is 1. The van der Waals surface area contributed by atoms with Crippen molar-refractivity contribution in [2.24, 2.45) is 0 Å². The number of ether oxygens (including phenoxy) is 1. The van der Waals surface area contributed by atoms with Gasteiger partial charge in [-0.25, -0.2) is 19.2 Å². The van der Waals surface area contributed by atoms with Gasteiger partial charge in [0, 0.05) is 25.2 Å². The number of hydrogen-bond acceptors (Lipinski definition) is 5. The zero-order valence-electron chi connectivity index (χ0n) is 18.1. The lowest BCUT2D eigenvalue weighted by Crippen LogP contribution is -2.42. The first-order valence-electron chi connectivity index (χ1n) is 10.0. The monoisotopic (exact) mass is 436 g/mol. The van der Waals surface area contributed by atoms with Crippen LogP contribution < -0.4 is 16.1 Å². The van der Waals surface area contributed by atoms with Gasteiger partial charge < -0.3 is 15.8 Å². The van der Waals surface area contributed by atoms with Gasteiger partial charge in [-0.05, 0) is 55.0 Å². The fourth-order valence-electron chi connectivity index (χ4n) is 3.16. The summed E-state index contributed by atoms with van der Waals surface area (Å²) in [4.78, 5) is 25.0. The van der Waals surface area contributed by atoms with Gasteiger partial charge in [0.15, 0.2) is 0 Å². The van der Waals surface area contributed by atoms with E-state index in [1.54, 1.807) is 86.7 Å². The number of rotatable bonds is 6. The number of halogens is 1. The lowest BCUT2D eigenvalue weighted by Gasteiger charge is -2.27. The van der Waals surface area contributed by atoms with Crippen LogP contribution in [0.5, 0.6) is 0 Å². The summed E-state index contributed by atoms with van der Waals surface area (Å²) >= 11 is 0. The van der Waals surface area contributed by atoms with E-state index in [-0.39, 0.29) is 18.3 Å². The lowest BCUT2D eigenvalue weighted by atomic mass is 10.0. The Morgan fingerprint density at radius 2 is 1.72 bits per heavy atom. The summed E-state index contributed by atoms with van der Waals surface area (Å²) < 4.78 is 19.2. The third-order valence-corrected chi connectivity index (χ3v) is 4.70. The number of hydrogen-bond donors (Lipinski definition) is 2. The van der Waals surface area contributed by atoms with Crippen molar-refractivity contribution < 1.29 is 18.7 Å². The Morgan fingerprint density at radius 1 is 1.03 bits per heavy atom. The summed E-state index contributed by atoms with van der Waals surface area (Å²) in [5.74, 6) is -0.751. The highest BCUT2D eigenvalue weighted by atomic mass is 19.1. The molecule has 3 rings (SSSR count). The van der Waals surface area contributed by atoms with E-state index in [0.29, 0.717) is 33.8 Å². The molecule has 3 aromatic carbocycles. The van der Waals surface area contributed by atoms with Crippen molar-refractivity contribution in [2.45, 2.75) is 6.92 Å². The van der Waals surface area contributed by atoms with Crippen molar-refractivity contribution in [1.29, 1.82) is 0 Å². The average molecular weight is 436 g/mol. The number of amides is 2. The average Bonchev–Trinajstić information content (AvgIpc) is 2.76. The predicted molar refractivity (Wildman–Crippen MR) is 124 cm³/mol. The Balaban J connectivity index is 1.81. The van der Waals surface area contributed by atoms with Gasteiger partial charge in [0.05, 0.1) is 23.7 Å². The molecule has 0 aliphatic carbocycles. The highest BCUT2D eigenvalue weighted by Gasteiger charge is 2.20. The van der Waals surface area contributed by atoms with Gasteiger partial charge >= 0.3 is 6.09 Å². The van der Waals surface area contributed by atoms with E-state index in [2.05, 4.69) is 5.32 Å². The quantitative estimate of drug-likeness (QED) is 0.429. The molecule has 166 valence electrons. The number of benzene rings is 3. The predicted octanol–water partition coefficient (Wildman–Crippen LogP) is 4.77. The third kappa shape index (κ3) is 5.04. The Kier molecular flexibility index (Phi) is 7.07. The molecule has 3 aromatic rings. The Hall–Kier alpha value is -3.91. The highest BCUT2D eigenvalue weighted by molar-refractivity contribution is 6.06. The second kappa shape index (κ2) is 9.93. The van der Waals surface area contributed by atoms with E-state index in [1.165, 1.54) is 11.1 Å². The topological polar surface area (TPSA) is 87.9 Å². The van der Waals surface area contributed by atoms with E-state index < -0.39 is 6.09 Å². The van der Waals surface area contributed by atoms with Crippen LogP contribution in [0.1, 0.15) is 17.3 Å². The van der Waals surface area contributed by atoms with Gasteiger partial charge in [0.1, 0.15) is 5.82 Å². The Bertz CT molecular complexity index is 1120. The molecule has 0 spiro atoms. The smallest absolute Gasteiger partial charge is 0.429 e. The van der Waals surface area contributed by atoms with Gasteiger partial charge in [0.2, 0.25) is 0 Å². The van der Waals surface area contributed by atoms with Crippen molar-refractivity contribution >= 4 is 29.1 Å². The zero-order valence-corrected chi connectivity index (χ0v) is 18.1. The molecule has 0 aliphatic rings. The maximum atomic E-state index is 14.1. The van der Waals surface area contributed by atoms with Crippen LogP contribution >= 0.6 is 0 Å². The molecule has 0 bridgehead atoms. The van der Waals surface area contributed by atoms with Crippen molar-refractivity contribution in [2.75, 3.05) is 36.8 Å². The molecular formula is C24H25FN4O3. The molecule has 0 aromatic heterocycles. The van der Waals surface area contributed by atoms with E-state index in [4.69, 9.17) is 10.5 Å². The van der Waals surface area contributed by atoms with Crippen LogP contribution in [0.4, 0.5) is 26.2 Å². The number of anilines is 3. The lowest BCUT2D eigenvalue weighted by molar-refractivity contribution is 0.102. The van der Waals surface area contributed by atoms with E-state index in [0.717, 1.165) is 0 Å². The number of carbonyl (C=O) groups is 2. The minimum atomic E-state index is -0.521. The van der Waals surface area contributed by atoms with Crippen molar-refractivity contribution in [3.8, 4) is 11.1 Å². The minimum absolute atomic E-state index is 0.247. The fraction of sp³-hybridized carbons (Fsp3) is 0.167. The second-order valence-electron chi connectivity index (χ2n) is 7.14. The maximum absolute atomic E-state index is 14.1. The SMILES string of the molecule is CCOC(=O)N(c1ccc(C(=O)Nc2cc(-c3ccccc3F)ccc2N)cc1)N(C)C. The highest BCUT2D eigenvalue weighted by Crippen LogP contribution is 2.29. The van der Waals surface area contributed by atoms with Crippen molar-refractivity contribution in [3.63, 3.8) is 0 Å². The second-order valence-corrected chi connectivity index (χ2v) is 7.14. The number of nitrogens with zero attached hydrogens (tertiary/aromatic N) is 2. The van der Waals surface area contributed by atoms with Crippen molar-refractivity contribution in [3.05, 3.63) is 78.1 Å². The Labute approximate surface area is 186 Å². The summed E-state index contributed by atoms with van der Waals surface area (Å²) in [6.45, 7) is 1.98. The first-order valence-corrected chi connectivity index (χ1v) is 10.0. The van der Waals surface area contributed by atoms with Gasteiger partial charge in [-0.1, -0.05) is 24.3 Å². The molecule has 0 unspecified atom stereocenters. The molecule has 7 nitrogen and oxygen atoms in total. The normalized spacial score (nSPS) is 10.7. The fourth-order valence-corrected chi connectivity index (χ4v) is 3.16. The maximum Gasteiger partial charge on any atom is 0.429 e. The van der Waals surface area contributed by atoms with Crippen LogP contribution in [0.15, 0.2) is 66.7 Å². The standard InChI is InChI=1S/C24H25FN4O3/c1-4-32-24(31)29(28(2)3)18-12-9-16(10-13-18)23(30)27-22-15-17(11-14-21(22)26)19-7-5-6-8-20(19)25/h5-15H,4,26H2,1-3H3,(H,27,30). The van der Waals surface area contributed by atoms with Crippen LogP contribution in [0.25, 0.3) is 11.1 Å². The van der Waals surface area contributed by atoms with Crippen LogP contribution in [0.3, 0.4) is 0 Å². The molecule has 0 atom stereocenters. The van der Waals surface area contributed by atoms with Crippen LogP contribution in [0.2, 0.25) is 0 Å². The molecule has 2 amide bonds. The molecule has 0 saturated carbocycles. The molecule has 0 radical (unpaired) electrons. The van der Waals surface area contributed by atoms with Crippen LogP contribution in [-0.2, 0) is 4.74 Å². The Morgan fingerprint density at radius 3 is 2.34 bits per heavy atom. The molecule has 3 N–H and O–H groups in total. The minimum Gasteiger partial charge on any atom is -0.448 e. The molecule has 0 heterocycles. The van der Waals surface area contributed by atoms with E-state index in [9.17, 15) is 14.0 Å². The largest absolute Gasteiger partial charge is 0.448 e. The summed E-state index contributed by atoms with van der Waals surface area (Å²) in [5, 5.41) is 5.70. The molecule has 8 heteroatoms. The zero-order chi connectivity index (χ0) is 23.3. The molecule has 0 saturated heterocycles. The van der Waals surface area contributed by atoms with Gasteiger partial charge in [-0.2, -0.15) is 0 Å².